The summed E-state index contributed by atoms with van der Waals surface area (Å²) in [6.07, 6.45) is 0.864. The third-order valence-corrected chi connectivity index (χ3v) is 12.5. The van der Waals surface area contributed by atoms with Crippen molar-refractivity contribution in [2.75, 3.05) is 11.5 Å². The van der Waals surface area contributed by atoms with Crippen LogP contribution < -0.4 is 11.5 Å². The van der Waals surface area contributed by atoms with Gasteiger partial charge in [-0.25, -0.2) is 4.98 Å². The highest BCUT2D eigenvalue weighted by atomic mass is 32.1. The summed E-state index contributed by atoms with van der Waals surface area (Å²) in [5, 5.41) is 2.05. The third-order valence-electron chi connectivity index (χ3n) is 11.5. The van der Waals surface area contributed by atoms with Crippen LogP contribution in [0.4, 0.5) is 10.7 Å². The predicted molar refractivity (Wildman–Crippen MR) is 222 cm³/mol. The average Bonchev–Trinajstić information content (AvgIpc) is 3.92. The minimum Gasteiger partial charge on any atom is -0.399 e. The fourth-order valence-corrected chi connectivity index (χ4v) is 10.4. The second kappa shape index (κ2) is 11.0. The number of nitrogens with zero attached hydrogens (tertiary/aromatic N) is 2. The van der Waals surface area contributed by atoms with E-state index in [4.69, 9.17) is 16.5 Å². The first-order valence-corrected chi connectivity index (χ1v) is 19.0. The zero-order valence-electron chi connectivity index (χ0n) is 29.1. The van der Waals surface area contributed by atoms with E-state index in [1.807, 2.05) is 12.1 Å². The van der Waals surface area contributed by atoms with Gasteiger partial charge in [0.1, 0.15) is 5.82 Å². The SMILES string of the molecule is CCc1nc2ccccc2n1-c1ccc(-c2ccc3c(c2)-c2ccccc2C32c3ccccc3-c3c2ccc2sc(N)c(-c4ccc(N)cc4)c32)cc1. The highest BCUT2D eigenvalue weighted by Crippen LogP contribution is 2.65. The minimum absolute atomic E-state index is 0.456. The van der Waals surface area contributed by atoms with Crippen molar-refractivity contribution in [1.29, 1.82) is 0 Å². The first-order valence-electron chi connectivity index (χ1n) is 18.2. The van der Waals surface area contributed by atoms with Gasteiger partial charge in [0.05, 0.1) is 21.4 Å². The van der Waals surface area contributed by atoms with Crippen LogP contribution >= 0.6 is 11.3 Å². The number of aryl methyl sites for hydroxylation is 1. The molecule has 0 fully saturated rings. The summed E-state index contributed by atoms with van der Waals surface area (Å²) in [5.74, 6) is 1.07. The molecule has 11 rings (SSSR count). The van der Waals surface area contributed by atoms with Crippen molar-refractivity contribution in [2.45, 2.75) is 18.8 Å². The van der Waals surface area contributed by atoms with Crippen LogP contribution in [-0.4, -0.2) is 9.55 Å². The van der Waals surface area contributed by atoms with Crippen LogP contribution in [0.3, 0.4) is 0 Å². The van der Waals surface area contributed by atoms with Gasteiger partial charge in [0.2, 0.25) is 0 Å². The molecule has 0 aliphatic heterocycles. The molecule has 9 aromatic rings. The number of thiophene rings is 1. The standard InChI is InChI=1S/C48H34N4S/c1-2-43-51-40-13-7-8-14-41(40)52(43)32-22-17-28(18-23-32)30-19-24-38-35(27-30)33-9-3-5-11-36(33)48(38)37-12-6-4-10-34(37)45-39(48)25-26-42-46(45)44(47(50)53-42)29-15-20-31(49)21-16-29/h3-27H,2,49-50H2,1H3. The largest absolute Gasteiger partial charge is 0.399 e. The maximum atomic E-state index is 6.87. The smallest absolute Gasteiger partial charge is 0.114 e. The van der Waals surface area contributed by atoms with E-state index in [0.717, 1.165) is 50.8 Å². The zero-order chi connectivity index (χ0) is 35.4. The predicted octanol–water partition coefficient (Wildman–Crippen LogP) is 11.6. The molecule has 2 aromatic heterocycles. The van der Waals surface area contributed by atoms with E-state index in [0.29, 0.717) is 0 Å². The summed E-state index contributed by atoms with van der Waals surface area (Å²) in [6.45, 7) is 2.17. The molecule has 2 heterocycles. The first-order chi connectivity index (χ1) is 26.1. The van der Waals surface area contributed by atoms with Gasteiger partial charge in [0.15, 0.2) is 0 Å². The number of hydrogen-bond acceptors (Lipinski definition) is 4. The van der Waals surface area contributed by atoms with Crippen LogP contribution in [0.25, 0.3) is 71.3 Å². The summed E-state index contributed by atoms with van der Waals surface area (Å²) < 4.78 is 3.48. The molecule has 7 aromatic carbocycles. The van der Waals surface area contributed by atoms with E-state index >= 15 is 0 Å². The van der Waals surface area contributed by atoms with Crippen molar-refractivity contribution < 1.29 is 0 Å². The topological polar surface area (TPSA) is 69.9 Å². The second-order valence-electron chi connectivity index (χ2n) is 14.2. The van der Waals surface area contributed by atoms with Crippen LogP contribution in [-0.2, 0) is 11.8 Å². The average molecular weight is 699 g/mol. The summed E-state index contributed by atoms with van der Waals surface area (Å²) in [7, 11) is 0. The lowest BCUT2D eigenvalue weighted by Crippen LogP contribution is -2.25. The Morgan fingerprint density at radius 3 is 2.02 bits per heavy atom. The molecule has 4 nitrogen and oxygen atoms in total. The molecule has 252 valence electrons. The first kappa shape index (κ1) is 30.2. The molecule has 2 aliphatic carbocycles. The minimum atomic E-state index is -0.456. The Morgan fingerprint density at radius 2 is 1.23 bits per heavy atom. The number of nitrogen functional groups attached to an aromatic ring is 2. The normalized spacial score (nSPS) is 15.2. The van der Waals surface area contributed by atoms with E-state index < -0.39 is 5.41 Å². The van der Waals surface area contributed by atoms with Crippen LogP contribution in [0.5, 0.6) is 0 Å². The molecule has 5 heteroatoms. The summed E-state index contributed by atoms with van der Waals surface area (Å²) >= 11 is 1.66. The Kier molecular flexibility index (Phi) is 6.29. The number of rotatable bonds is 4. The molecule has 0 bridgehead atoms. The summed E-state index contributed by atoms with van der Waals surface area (Å²) in [4.78, 5) is 4.91. The van der Waals surface area contributed by atoms with Crippen molar-refractivity contribution >= 4 is 43.1 Å². The quantitative estimate of drug-likeness (QED) is 0.180. The Balaban J connectivity index is 1.11. The maximum absolute atomic E-state index is 6.87. The number of imidazole rings is 1. The number of anilines is 2. The molecular weight excluding hydrogens is 665 g/mol. The molecule has 4 N–H and O–H groups in total. The van der Waals surface area contributed by atoms with Crippen molar-refractivity contribution in [1.82, 2.24) is 9.55 Å². The Hall–Kier alpha value is -6.43. The molecule has 0 saturated carbocycles. The van der Waals surface area contributed by atoms with Gasteiger partial charge in [0, 0.05) is 33.4 Å². The number of benzene rings is 7. The van der Waals surface area contributed by atoms with Crippen molar-refractivity contribution in [2.24, 2.45) is 0 Å². The van der Waals surface area contributed by atoms with Crippen LogP contribution in [0.2, 0.25) is 0 Å². The van der Waals surface area contributed by atoms with Gasteiger partial charge in [0.25, 0.3) is 0 Å². The Morgan fingerprint density at radius 1 is 0.585 bits per heavy atom. The van der Waals surface area contributed by atoms with Gasteiger partial charge in [-0.15, -0.1) is 11.3 Å². The van der Waals surface area contributed by atoms with Crippen LogP contribution in [0.15, 0.2) is 152 Å². The number of hydrogen-bond donors (Lipinski definition) is 2. The number of nitrogens with two attached hydrogens (primary N) is 2. The number of aromatic nitrogens is 2. The highest BCUT2D eigenvalue weighted by Gasteiger charge is 2.52. The van der Waals surface area contributed by atoms with Crippen LogP contribution in [0, 0.1) is 0 Å². The van der Waals surface area contributed by atoms with Crippen molar-refractivity contribution in [3.8, 4) is 50.2 Å². The van der Waals surface area contributed by atoms with E-state index in [1.165, 1.54) is 65.7 Å². The lowest BCUT2D eigenvalue weighted by atomic mass is 9.70. The fourth-order valence-electron chi connectivity index (χ4n) is 9.36. The molecule has 1 spiro atoms. The molecule has 0 saturated heterocycles. The summed E-state index contributed by atoms with van der Waals surface area (Å²) in [5.41, 5.74) is 31.5. The summed E-state index contributed by atoms with van der Waals surface area (Å²) in [6, 6.07) is 55.2. The molecule has 2 aliphatic rings. The molecule has 1 unspecified atom stereocenters. The zero-order valence-corrected chi connectivity index (χ0v) is 29.9. The van der Waals surface area contributed by atoms with Gasteiger partial charge in [-0.05, 0) is 110 Å². The van der Waals surface area contributed by atoms with E-state index in [9.17, 15) is 0 Å². The third kappa shape index (κ3) is 4.03. The maximum Gasteiger partial charge on any atom is 0.114 e. The van der Waals surface area contributed by atoms with Gasteiger partial charge in [-0.1, -0.05) is 110 Å². The lowest BCUT2D eigenvalue weighted by molar-refractivity contribution is 0.794. The van der Waals surface area contributed by atoms with Crippen LogP contribution in [0.1, 0.15) is 35.0 Å². The molecule has 1 atom stereocenters. The highest BCUT2D eigenvalue weighted by molar-refractivity contribution is 7.23. The number of para-hydroxylation sites is 2. The van der Waals surface area contributed by atoms with E-state index in [1.54, 1.807) is 11.3 Å². The van der Waals surface area contributed by atoms with E-state index in [2.05, 4.69) is 151 Å². The molecule has 0 radical (unpaired) electrons. The molecule has 53 heavy (non-hydrogen) atoms. The Labute approximate surface area is 311 Å². The van der Waals surface area contributed by atoms with Crippen molar-refractivity contribution in [3.63, 3.8) is 0 Å². The molecule has 0 amide bonds. The fraction of sp³-hybridized carbons (Fsp3) is 0.0625. The lowest BCUT2D eigenvalue weighted by Gasteiger charge is -2.30. The van der Waals surface area contributed by atoms with Gasteiger partial charge < -0.3 is 11.5 Å². The Bertz CT molecular complexity index is 2950. The molecular formula is C48H34N4S. The monoisotopic (exact) mass is 698 g/mol. The van der Waals surface area contributed by atoms with Gasteiger partial charge in [-0.3, -0.25) is 4.57 Å². The van der Waals surface area contributed by atoms with E-state index in [-0.39, 0.29) is 0 Å². The van der Waals surface area contributed by atoms with Gasteiger partial charge in [-0.2, -0.15) is 0 Å². The van der Waals surface area contributed by atoms with Crippen molar-refractivity contribution in [3.05, 3.63) is 180 Å². The van der Waals surface area contributed by atoms with Gasteiger partial charge >= 0.3 is 0 Å². The number of fused-ring (bicyclic) bond motifs is 13. The second-order valence-corrected chi connectivity index (χ2v) is 15.3.